The van der Waals surface area contributed by atoms with Gasteiger partial charge in [0.15, 0.2) is 0 Å². The third-order valence-corrected chi connectivity index (χ3v) is 3.80. The van der Waals surface area contributed by atoms with E-state index in [0.717, 1.165) is 36.2 Å². The molecule has 4 rings (SSSR count). The number of pyridine rings is 1. The maximum Gasteiger partial charge on any atom is 0.137 e. The molecule has 0 unspecified atom stereocenters. The zero-order valence-corrected chi connectivity index (χ0v) is 10.6. The van der Waals surface area contributed by atoms with Gasteiger partial charge < -0.3 is 10.3 Å². The third-order valence-electron chi connectivity index (χ3n) is 3.80. The van der Waals surface area contributed by atoms with Crippen LogP contribution in [-0.4, -0.2) is 16.5 Å². The molecule has 94 valence electrons. The van der Waals surface area contributed by atoms with Crippen LogP contribution in [0, 0.1) is 0 Å². The minimum atomic E-state index is 0.952. The Morgan fingerprint density at radius 1 is 1.05 bits per heavy atom. The molecule has 0 atom stereocenters. The van der Waals surface area contributed by atoms with E-state index in [1.54, 1.807) is 0 Å². The van der Waals surface area contributed by atoms with Crippen molar-refractivity contribution in [1.29, 1.82) is 0 Å². The fraction of sp³-hybridized carbons (Fsp3) is 0.188. The van der Waals surface area contributed by atoms with Crippen molar-refractivity contribution in [3.63, 3.8) is 0 Å². The van der Waals surface area contributed by atoms with Crippen LogP contribution in [0.2, 0.25) is 0 Å². The van der Waals surface area contributed by atoms with Gasteiger partial charge in [0, 0.05) is 23.8 Å². The van der Waals surface area contributed by atoms with E-state index in [2.05, 4.69) is 45.6 Å². The summed E-state index contributed by atoms with van der Waals surface area (Å²) in [6, 6.07) is 13.0. The van der Waals surface area contributed by atoms with Crippen LogP contribution in [0.4, 0.5) is 0 Å². The summed E-state index contributed by atoms with van der Waals surface area (Å²) < 4.78 is 0. The lowest BCUT2D eigenvalue weighted by Crippen LogP contribution is -2.23. The normalized spacial score (nSPS) is 14.5. The Bertz CT molecular complexity index is 710. The molecule has 3 nitrogen and oxygen atoms in total. The maximum absolute atomic E-state index is 4.35. The lowest BCUT2D eigenvalue weighted by Gasteiger charge is -2.17. The van der Waals surface area contributed by atoms with Gasteiger partial charge in [0.25, 0.3) is 0 Å². The van der Waals surface area contributed by atoms with Gasteiger partial charge >= 0.3 is 0 Å². The summed E-state index contributed by atoms with van der Waals surface area (Å²) >= 11 is 0. The van der Waals surface area contributed by atoms with E-state index in [0.29, 0.717) is 0 Å². The number of nitrogens with one attached hydrogen (secondary N) is 2. The molecule has 3 heteroatoms. The Labute approximate surface area is 111 Å². The average Bonchev–Trinajstić information content (AvgIpc) is 2.90. The van der Waals surface area contributed by atoms with Crippen LogP contribution >= 0.6 is 0 Å². The van der Waals surface area contributed by atoms with E-state index in [1.807, 2.05) is 12.3 Å². The van der Waals surface area contributed by atoms with E-state index < -0.39 is 0 Å². The SMILES string of the molecule is c1cnc2[nH]c(-c3ccc4c(c3)CNCC4)cc2c1. The molecule has 0 fully saturated rings. The number of rotatable bonds is 1. The van der Waals surface area contributed by atoms with Crippen molar-refractivity contribution in [3.05, 3.63) is 53.7 Å². The zero-order valence-electron chi connectivity index (χ0n) is 10.6. The van der Waals surface area contributed by atoms with E-state index in [1.165, 1.54) is 16.7 Å². The van der Waals surface area contributed by atoms with Crippen molar-refractivity contribution in [2.24, 2.45) is 0 Å². The molecule has 0 radical (unpaired) electrons. The predicted octanol–water partition coefficient (Wildman–Crippen LogP) is 2.88. The fourth-order valence-electron chi connectivity index (χ4n) is 2.76. The summed E-state index contributed by atoms with van der Waals surface area (Å²) in [5.74, 6) is 0. The lowest BCUT2D eigenvalue weighted by molar-refractivity contribution is 0.644. The molecule has 1 aliphatic rings. The van der Waals surface area contributed by atoms with Gasteiger partial charge in [-0.2, -0.15) is 0 Å². The van der Waals surface area contributed by atoms with E-state index in [4.69, 9.17) is 0 Å². The molecule has 0 spiro atoms. The molecule has 1 aromatic carbocycles. The minimum Gasteiger partial charge on any atom is -0.339 e. The first-order chi connectivity index (χ1) is 9.40. The van der Waals surface area contributed by atoms with Crippen LogP contribution in [0.25, 0.3) is 22.3 Å². The quantitative estimate of drug-likeness (QED) is 0.696. The molecule has 0 aliphatic carbocycles. The number of aromatic nitrogens is 2. The summed E-state index contributed by atoms with van der Waals surface area (Å²) in [7, 11) is 0. The van der Waals surface area contributed by atoms with Crippen LogP contribution < -0.4 is 5.32 Å². The first-order valence-corrected chi connectivity index (χ1v) is 6.67. The molecular weight excluding hydrogens is 234 g/mol. The van der Waals surface area contributed by atoms with E-state index in [9.17, 15) is 0 Å². The molecule has 0 bridgehead atoms. The van der Waals surface area contributed by atoms with Gasteiger partial charge in [0.05, 0.1) is 0 Å². The number of hydrogen-bond acceptors (Lipinski definition) is 2. The second-order valence-electron chi connectivity index (χ2n) is 5.03. The Balaban J connectivity index is 1.83. The van der Waals surface area contributed by atoms with Crippen molar-refractivity contribution in [2.45, 2.75) is 13.0 Å². The minimum absolute atomic E-state index is 0.952. The topological polar surface area (TPSA) is 40.7 Å². The van der Waals surface area contributed by atoms with Crippen molar-refractivity contribution >= 4 is 11.0 Å². The maximum atomic E-state index is 4.35. The van der Waals surface area contributed by atoms with Crippen LogP contribution in [0.15, 0.2) is 42.6 Å². The van der Waals surface area contributed by atoms with Gasteiger partial charge in [0.1, 0.15) is 5.65 Å². The highest BCUT2D eigenvalue weighted by Crippen LogP contribution is 2.26. The first-order valence-electron chi connectivity index (χ1n) is 6.67. The van der Waals surface area contributed by atoms with Crippen molar-refractivity contribution in [2.75, 3.05) is 6.54 Å². The number of aromatic amines is 1. The second kappa shape index (κ2) is 4.21. The molecule has 3 heterocycles. The Hall–Kier alpha value is -2.13. The lowest BCUT2D eigenvalue weighted by atomic mass is 9.97. The monoisotopic (exact) mass is 249 g/mol. The molecule has 0 saturated carbocycles. The number of benzene rings is 1. The molecule has 19 heavy (non-hydrogen) atoms. The first kappa shape index (κ1) is 10.8. The molecular formula is C16H15N3. The Morgan fingerprint density at radius 3 is 3.00 bits per heavy atom. The van der Waals surface area contributed by atoms with Gasteiger partial charge in [-0.3, -0.25) is 0 Å². The highest BCUT2D eigenvalue weighted by Gasteiger charge is 2.10. The molecule has 1 aliphatic heterocycles. The summed E-state index contributed by atoms with van der Waals surface area (Å²) in [4.78, 5) is 7.73. The highest BCUT2D eigenvalue weighted by atomic mass is 14.9. The van der Waals surface area contributed by atoms with Gasteiger partial charge in [0.2, 0.25) is 0 Å². The van der Waals surface area contributed by atoms with Gasteiger partial charge in [-0.25, -0.2) is 4.98 Å². The number of H-pyrrole nitrogens is 1. The van der Waals surface area contributed by atoms with E-state index >= 15 is 0 Å². The van der Waals surface area contributed by atoms with Gasteiger partial charge in [-0.1, -0.05) is 12.1 Å². The third kappa shape index (κ3) is 1.83. The van der Waals surface area contributed by atoms with Crippen LogP contribution in [0.1, 0.15) is 11.1 Å². The van der Waals surface area contributed by atoms with Gasteiger partial charge in [-0.15, -0.1) is 0 Å². The fourth-order valence-corrected chi connectivity index (χ4v) is 2.76. The molecule has 0 amide bonds. The molecule has 2 N–H and O–H groups in total. The average molecular weight is 249 g/mol. The standard InChI is InChI=1S/C16H15N3/c1-2-13-9-15(19-16(13)18-6-1)12-4-3-11-5-7-17-10-14(11)8-12/h1-4,6,8-9,17H,5,7,10H2,(H,18,19). The largest absolute Gasteiger partial charge is 0.339 e. The van der Waals surface area contributed by atoms with E-state index in [-0.39, 0.29) is 0 Å². The summed E-state index contributed by atoms with van der Waals surface area (Å²) in [6.07, 6.45) is 2.95. The zero-order chi connectivity index (χ0) is 12.7. The van der Waals surface area contributed by atoms with Crippen LogP contribution in [-0.2, 0) is 13.0 Å². The predicted molar refractivity (Wildman–Crippen MR) is 76.9 cm³/mol. The highest BCUT2D eigenvalue weighted by molar-refractivity contribution is 5.83. The molecule has 0 saturated heterocycles. The Kier molecular flexibility index (Phi) is 2.38. The van der Waals surface area contributed by atoms with Crippen LogP contribution in [0.5, 0.6) is 0 Å². The van der Waals surface area contributed by atoms with Crippen LogP contribution in [0.3, 0.4) is 0 Å². The number of hydrogen-bond donors (Lipinski definition) is 2. The molecule has 3 aromatic rings. The Morgan fingerprint density at radius 2 is 2.05 bits per heavy atom. The second-order valence-corrected chi connectivity index (χ2v) is 5.03. The summed E-state index contributed by atoms with van der Waals surface area (Å²) in [6.45, 7) is 2.06. The van der Waals surface area contributed by atoms with Crippen molar-refractivity contribution in [3.8, 4) is 11.3 Å². The van der Waals surface area contributed by atoms with Crippen molar-refractivity contribution in [1.82, 2.24) is 15.3 Å². The van der Waals surface area contributed by atoms with Crippen molar-refractivity contribution < 1.29 is 0 Å². The number of fused-ring (bicyclic) bond motifs is 2. The summed E-state index contributed by atoms with van der Waals surface area (Å²) in [5.41, 5.74) is 6.21. The summed E-state index contributed by atoms with van der Waals surface area (Å²) in [5, 5.41) is 4.58. The number of nitrogens with zero attached hydrogens (tertiary/aromatic N) is 1. The van der Waals surface area contributed by atoms with Gasteiger partial charge in [-0.05, 0) is 53.9 Å². The molecule has 2 aromatic heterocycles. The smallest absolute Gasteiger partial charge is 0.137 e.